The number of benzene rings is 10. The van der Waals surface area contributed by atoms with E-state index in [1.54, 1.807) is 0 Å². The number of nitrogens with zero attached hydrogens (tertiary/aromatic N) is 2. The summed E-state index contributed by atoms with van der Waals surface area (Å²) in [6, 6.07) is 90.1. The Morgan fingerprint density at radius 2 is 0.812 bits per heavy atom. The second kappa shape index (κ2) is 14.5. The maximum atomic E-state index is 3.85. The maximum Gasteiger partial charge on any atom is 0.179 e. The van der Waals surface area contributed by atoms with Crippen LogP contribution in [0.4, 0.5) is 0 Å². The van der Waals surface area contributed by atoms with E-state index < -0.39 is 8.07 Å². The van der Waals surface area contributed by atoms with Gasteiger partial charge in [-0.3, -0.25) is 0 Å². The van der Waals surface area contributed by atoms with Crippen molar-refractivity contribution >= 4 is 94.2 Å². The fourth-order valence-corrected chi connectivity index (χ4v) is 15.6. The van der Waals surface area contributed by atoms with Crippen LogP contribution in [0.5, 0.6) is 0 Å². The monoisotopic (exact) mass is 831 g/mol. The summed E-state index contributed by atoms with van der Waals surface area (Å²) in [6.45, 7) is 0. The van der Waals surface area contributed by atoms with Gasteiger partial charge in [0, 0.05) is 49.2 Å². The average molecular weight is 832 g/mol. The van der Waals surface area contributed by atoms with Crippen LogP contribution in [-0.2, 0) is 0 Å². The van der Waals surface area contributed by atoms with Crippen LogP contribution < -0.4 is 20.7 Å². The third-order valence-electron chi connectivity index (χ3n) is 13.6. The van der Waals surface area contributed by atoms with E-state index in [4.69, 9.17) is 0 Å². The standard InChI is InChI=1S/C60H41N3Si/c1-4-19-43(20-5-1)62-56-32-14-12-30-51(56)54-39-42(34-37-58(54)62)41-18-16-26-47(38-41)64(45-22-6-2-7-23-45,46-24-8-3-9-25-46)48-27-17-21-44(40-48)63-57-33-15-11-29-50(57)53-36-35-52-49-28-10-13-31-55(49)61-59(52)60(53)63/h1-40,61H. The van der Waals surface area contributed by atoms with E-state index in [0.29, 0.717) is 0 Å². The topological polar surface area (TPSA) is 25.6 Å². The molecule has 0 bridgehead atoms. The number of aromatic amines is 1. The highest BCUT2D eigenvalue weighted by Crippen LogP contribution is 2.39. The molecule has 3 nitrogen and oxygen atoms in total. The molecule has 13 aromatic rings. The number of para-hydroxylation sites is 4. The predicted molar refractivity (Wildman–Crippen MR) is 274 cm³/mol. The zero-order valence-electron chi connectivity index (χ0n) is 35.0. The summed E-state index contributed by atoms with van der Waals surface area (Å²) in [7, 11) is -2.99. The number of hydrogen-bond donors (Lipinski definition) is 1. The lowest BCUT2D eigenvalue weighted by molar-refractivity contribution is 1.18. The smallest absolute Gasteiger partial charge is 0.179 e. The Balaban J connectivity index is 1.06. The first-order valence-electron chi connectivity index (χ1n) is 22.1. The van der Waals surface area contributed by atoms with Gasteiger partial charge in [-0.05, 0) is 86.5 Å². The SMILES string of the molecule is c1ccc(-n2c3ccccc3c3cc(-c4cccc([Si](c5ccccc5)(c5ccccc5)c5cccc(-n6c7ccccc7c7ccc8c9ccccc9[nH]c8c76)c5)c4)ccc32)cc1. The molecule has 0 aliphatic heterocycles. The second-order valence-corrected chi connectivity index (χ2v) is 20.8. The Morgan fingerprint density at radius 1 is 0.297 bits per heavy atom. The Morgan fingerprint density at radius 3 is 1.55 bits per heavy atom. The summed E-state index contributed by atoms with van der Waals surface area (Å²) in [5.74, 6) is 0. The highest BCUT2D eigenvalue weighted by atomic mass is 28.3. The van der Waals surface area contributed by atoms with Crippen molar-refractivity contribution in [1.82, 2.24) is 14.1 Å². The van der Waals surface area contributed by atoms with Crippen LogP contribution in [0, 0.1) is 0 Å². The van der Waals surface area contributed by atoms with Crippen molar-refractivity contribution < 1.29 is 0 Å². The minimum absolute atomic E-state index is 1.15. The van der Waals surface area contributed by atoms with Crippen LogP contribution in [0.2, 0.25) is 0 Å². The van der Waals surface area contributed by atoms with Gasteiger partial charge in [-0.25, -0.2) is 0 Å². The van der Waals surface area contributed by atoms with E-state index >= 15 is 0 Å². The summed E-state index contributed by atoms with van der Waals surface area (Å²) < 4.78 is 4.89. The summed E-state index contributed by atoms with van der Waals surface area (Å²) in [5, 5.41) is 12.8. The molecule has 0 radical (unpaired) electrons. The lowest BCUT2D eigenvalue weighted by Gasteiger charge is -2.35. The van der Waals surface area contributed by atoms with E-state index in [9.17, 15) is 0 Å². The van der Waals surface area contributed by atoms with Crippen LogP contribution in [0.15, 0.2) is 243 Å². The average Bonchev–Trinajstić information content (AvgIpc) is 4.03. The van der Waals surface area contributed by atoms with Crippen molar-refractivity contribution in [2.24, 2.45) is 0 Å². The Kier molecular flexibility index (Phi) is 8.23. The minimum Gasteiger partial charge on any atom is -0.353 e. The molecule has 0 aliphatic carbocycles. The molecule has 13 rings (SSSR count). The third-order valence-corrected chi connectivity index (χ3v) is 18.3. The predicted octanol–water partition coefficient (Wildman–Crippen LogP) is 12.6. The van der Waals surface area contributed by atoms with Crippen LogP contribution >= 0.6 is 0 Å². The van der Waals surface area contributed by atoms with Crippen LogP contribution in [0.25, 0.3) is 87.9 Å². The highest BCUT2D eigenvalue weighted by Gasteiger charge is 2.42. The first kappa shape index (κ1) is 36.5. The molecule has 0 saturated carbocycles. The molecule has 64 heavy (non-hydrogen) atoms. The number of fused-ring (bicyclic) bond motifs is 10. The van der Waals surface area contributed by atoms with E-state index in [-0.39, 0.29) is 0 Å². The van der Waals surface area contributed by atoms with Crippen molar-refractivity contribution in [2.75, 3.05) is 0 Å². The molecular weight excluding hydrogens is 791 g/mol. The zero-order chi connectivity index (χ0) is 42.2. The molecule has 3 heterocycles. The van der Waals surface area contributed by atoms with E-state index in [2.05, 4.69) is 257 Å². The van der Waals surface area contributed by atoms with Crippen LogP contribution in [0.1, 0.15) is 0 Å². The number of rotatable bonds is 7. The summed E-state index contributed by atoms with van der Waals surface area (Å²) >= 11 is 0. The molecule has 0 spiro atoms. The van der Waals surface area contributed by atoms with Crippen LogP contribution in [-0.4, -0.2) is 22.2 Å². The van der Waals surface area contributed by atoms with Gasteiger partial charge < -0.3 is 14.1 Å². The Labute approximate surface area is 371 Å². The molecule has 0 fully saturated rings. The molecule has 10 aromatic carbocycles. The summed E-state index contributed by atoms with van der Waals surface area (Å²) in [5.41, 5.74) is 11.8. The molecule has 0 amide bonds. The van der Waals surface area contributed by atoms with E-state index in [0.717, 1.165) is 16.7 Å². The molecule has 0 aliphatic rings. The van der Waals surface area contributed by atoms with Gasteiger partial charge >= 0.3 is 0 Å². The van der Waals surface area contributed by atoms with Gasteiger partial charge in [0.1, 0.15) is 0 Å². The van der Waals surface area contributed by atoms with E-state index in [1.165, 1.54) is 91.9 Å². The van der Waals surface area contributed by atoms with Gasteiger partial charge in [0.15, 0.2) is 8.07 Å². The van der Waals surface area contributed by atoms with Crippen molar-refractivity contribution in [1.29, 1.82) is 0 Å². The third kappa shape index (κ3) is 5.39. The molecule has 3 aromatic heterocycles. The van der Waals surface area contributed by atoms with Crippen LogP contribution in [0.3, 0.4) is 0 Å². The van der Waals surface area contributed by atoms with Gasteiger partial charge in [-0.1, -0.05) is 188 Å². The molecule has 300 valence electrons. The van der Waals surface area contributed by atoms with E-state index in [1.807, 2.05) is 0 Å². The number of hydrogen-bond acceptors (Lipinski definition) is 0. The largest absolute Gasteiger partial charge is 0.353 e. The normalized spacial score (nSPS) is 12.1. The van der Waals surface area contributed by atoms with Gasteiger partial charge in [0.25, 0.3) is 0 Å². The van der Waals surface area contributed by atoms with Gasteiger partial charge in [0.2, 0.25) is 0 Å². The molecule has 0 saturated heterocycles. The Bertz CT molecular complexity index is 3860. The quantitative estimate of drug-likeness (QED) is 0.122. The fourth-order valence-electron chi connectivity index (χ4n) is 10.8. The fraction of sp³-hybridized carbons (Fsp3) is 0. The second-order valence-electron chi connectivity index (χ2n) is 16.9. The lowest BCUT2D eigenvalue weighted by atomic mass is 10.0. The molecule has 1 N–H and O–H groups in total. The summed E-state index contributed by atoms with van der Waals surface area (Å²) in [4.78, 5) is 3.85. The lowest BCUT2D eigenvalue weighted by Crippen LogP contribution is -2.74. The number of aromatic nitrogens is 3. The van der Waals surface area contributed by atoms with Gasteiger partial charge in [-0.15, -0.1) is 0 Å². The zero-order valence-corrected chi connectivity index (χ0v) is 36.0. The first-order chi connectivity index (χ1) is 31.8. The number of nitrogens with one attached hydrogen (secondary N) is 1. The van der Waals surface area contributed by atoms with Gasteiger partial charge in [-0.2, -0.15) is 0 Å². The molecular formula is C60H41N3Si. The van der Waals surface area contributed by atoms with Crippen molar-refractivity contribution in [3.8, 4) is 22.5 Å². The van der Waals surface area contributed by atoms with Crippen molar-refractivity contribution in [2.45, 2.75) is 0 Å². The molecule has 0 unspecified atom stereocenters. The first-order valence-corrected chi connectivity index (χ1v) is 24.1. The van der Waals surface area contributed by atoms with Crippen molar-refractivity contribution in [3.63, 3.8) is 0 Å². The van der Waals surface area contributed by atoms with Gasteiger partial charge in [0.05, 0.1) is 27.6 Å². The number of H-pyrrole nitrogens is 1. The molecule has 4 heteroatoms. The highest BCUT2D eigenvalue weighted by molar-refractivity contribution is 7.20. The van der Waals surface area contributed by atoms with Crippen molar-refractivity contribution in [3.05, 3.63) is 243 Å². The summed E-state index contributed by atoms with van der Waals surface area (Å²) in [6.07, 6.45) is 0. The minimum atomic E-state index is -2.99. The maximum absolute atomic E-state index is 3.85. The Hall–Kier alpha value is -8.18. The molecule has 0 atom stereocenters.